The molecule has 6 nitrogen and oxygen atoms in total. The first-order valence-electron chi connectivity index (χ1n) is 10.8. The Morgan fingerprint density at radius 3 is 2.38 bits per heavy atom. The summed E-state index contributed by atoms with van der Waals surface area (Å²) in [6, 6.07) is 24.7. The summed E-state index contributed by atoms with van der Waals surface area (Å²) in [5.41, 5.74) is 9.72. The van der Waals surface area contributed by atoms with Gasteiger partial charge < -0.3 is 10.5 Å². The first kappa shape index (κ1) is 20.3. The smallest absolute Gasteiger partial charge is 0.242 e. The molecule has 0 saturated carbocycles. The number of rotatable bonds is 4. The van der Waals surface area contributed by atoms with Crippen molar-refractivity contribution in [2.24, 2.45) is 5.73 Å². The SMILES string of the molecule is NC(=O)[C@@H]1Cc2ccccc2CN1CC(=O)N1c2ccccc2OC[C@H]1c1ccccc1. The monoisotopic (exact) mass is 427 g/mol. The molecule has 2 aliphatic rings. The van der Waals surface area contributed by atoms with Gasteiger partial charge >= 0.3 is 0 Å². The van der Waals surface area contributed by atoms with E-state index in [0.717, 1.165) is 22.4 Å². The van der Waals surface area contributed by atoms with Crippen LogP contribution in [-0.2, 0) is 22.6 Å². The van der Waals surface area contributed by atoms with Gasteiger partial charge in [-0.25, -0.2) is 0 Å². The largest absolute Gasteiger partial charge is 0.489 e. The Hall–Kier alpha value is -3.64. The van der Waals surface area contributed by atoms with E-state index in [-0.39, 0.29) is 18.5 Å². The molecule has 0 aliphatic carbocycles. The molecule has 2 amide bonds. The number of fused-ring (bicyclic) bond motifs is 2. The van der Waals surface area contributed by atoms with Crippen LogP contribution < -0.4 is 15.4 Å². The van der Waals surface area contributed by atoms with E-state index >= 15 is 0 Å². The minimum Gasteiger partial charge on any atom is -0.489 e. The summed E-state index contributed by atoms with van der Waals surface area (Å²) >= 11 is 0. The molecule has 0 spiro atoms. The third kappa shape index (κ3) is 3.74. The third-order valence-corrected chi connectivity index (χ3v) is 6.30. The molecule has 2 aliphatic heterocycles. The van der Waals surface area contributed by atoms with E-state index in [4.69, 9.17) is 10.5 Å². The van der Waals surface area contributed by atoms with Crippen molar-refractivity contribution in [3.8, 4) is 5.75 Å². The third-order valence-electron chi connectivity index (χ3n) is 6.30. The van der Waals surface area contributed by atoms with Gasteiger partial charge in [0.15, 0.2) is 0 Å². The summed E-state index contributed by atoms with van der Waals surface area (Å²) in [7, 11) is 0. The van der Waals surface area contributed by atoms with Gasteiger partial charge in [-0.2, -0.15) is 0 Å². The molecule has 6 heteroatoms. The maximum atomic E-state index is 13.8. The second-order valence-electron chi connectivity index (χ2n) is 8.26. The number of hydrogen-bond acceptors (Lipinski definition) is 4. The second kappa shape index (κ2) is 8.48. The molecule has 0 fully saturated rings. The summed E-state index contributed by atoms with van der Waals surface area (Å²) < 4.78 is 5.99. The van der Waals surface area contributed by atoms with Crippen LogP contribution in [0.15, 0.2) is 78.9 Å². The zero-order valence-corrected chi connectivity index (χ0v) is 17.7. The Labute approximate surface area is 187 Å². The molecule has 2 heterocycles. The minimum atomic E-state index is -0.514. The Kier molecular flexibility index (Phi) is 5.37. The summed E-state index contributed by atoms with van der Waals surface area (Å²) in [5.74, 6) is 0.193. The van der Waals surface area contributed by atoms with Gasteiger partial charge in [-0.3, -0.25) is 19.4 Å². The van der Waals surface area contributed by atoms with E-state index < -0.39 is 11.9 Å². The van der Waals surface area contributed by atoms with Crippen molar-refractivity contribution in [2.45, 2.75) is 25.0 Å². The van der Waals surface area contributed by atoms with Crippen molar-refractivity contribution in [3.05, 3.63) is 95.6 Å². The highest BCUT2D eigenvalue weighted by Gasteiger charge is 2.37. The van der Waals surface area contributed by atoms with Gasteiger partial charge in [0.2, 0.25) is 11.8 Å². The molecular weight excluding hydrogens is 402 g/mol. The molecule has 32 heavy (non-hydrogen) atoms. The summed E-state index contributed by atoms with van der Waals surface area (Å²) in [5, 5.41) is 0. The number of anilines is 1. The highest BCUT2D eigenvalue weighted by molar-refractivity contribution is 5.98. The normalized spacial score (nSPS) is 20.1. The topological polar surface area (TPSA) is 75.9 Å². The van der Waals surface area contributed by atoms with E-state index in [1.165, 1.54) is 0 Å². The lowest BCUT2D eigenvalue weighted by Crippen LogP contribution is -2.53. The van der Waals surface area contributed by atoms with Gasteiger partial charge in [0.25, 0.3) is 0 Å². The van der Waals surface area contributed by atoms with E-state index in [1.54, 1.807) is 0 Å². The number of ether oxygens (including phenoxy) is 1. The molecule has 0 unspecified atom stereocenters. The van der Waals surface area contributed by atoms with Crippen LogP contribution in [0.4, 0.5) is 5.69 Å². The molecule has 0 aromatic heterocycles. The fourth-order valence-electron chi connectivity index (χ4n) is 4.69. The predicted octanol–water partition coefficient (Wildman–Crippen LogP) is 3.07. The van der Waals surface area contributed by atoms with Gasteiger partial charge in [-0.1, -0.05) is 66.7 Å². The number of para-hydroxylation sites is 2. The molecule has 0 radical (unpaired) electrons. The van der Waals surface area contributed by atoms with Crippen LogP contribution in [0, 0.1) is 0 Å². The van der Waals surface area contributed by atoms with Crippen molar-refractivity contribution in [1.29, 1.82) is 0 Å². The molecular formula is C26H25N3O3. The quantitative estimate of drug-likeness (QED) is 0.694. The van der Waals surface area contributed by atoms with Crippen molar-refractivity contribution in [3.63, 3.8) is 0 Å². The van der Waals surface area contributed by atoms with Crippen LogP contribution in [0.25, 0.3) is 0 Å². The second-order valence-corrected chi connectivity index (χ2v) is 8.26. The first-order chi connectivity index (χ1) is 15.6. The van der Waals surface area contributed by atoms with Gasteiger partial charge in [-0.15, -0.1) is 0 Å². The van der Waals surface area contributed by atoms with E-state index in [2.05, 4.69) is 0 Å². The van der Waals surface area contributed by atoms with Crippen LogP contribution in [0.1, 0.15) is 22.7 Å². The van der Waals surface area contributed by atoms with Crippen LogP contribution in [0.2, 0.25) is 0 Å². The molecule has 0 saturated heterocycles. The summed E-state index contributed by atoms with van der Waals surface area (Å²) in [6.07, 6.45) is 0.514. The predicted molar refractivity (Wildman–Crippen MR) is 122 cm³/mol. The van der Waals surface area contributed by atoms with Gasteiger partial charge in [0, 0.05) is 6.54 Å². The van der Waals surface area contributed by atoms with Crippen molar-refractivity contribution in [2.75, 3.05) is 18.1 Å². The molecule has 3 aromatic carbocycles. The van der Waals surface area contributed by atoms with Crippen LogP contribution in [0.3, 0.4) is 0 Å². The summed E-state index contributed by atoms with van der Waals surface area (Å²) in [4.78, 5) is 29.7. The number of carbonyl (C=O) groups is 2. The maximum absolute atomic E-state index is 13.8. The Balaban J connectivity index is 1.48. The fourth-order valence-corrected chi connectivity index (χ4v) is 4.69. The Morgan fingerprint density at radius 2 is 1.59 bits per heavy atom. The highest BCUT2D eigenvalue weighted by Crippen LogP contribution is 2.39. The molecule has 162 valence electrons. The van der Waals surface area contributed by atoms with Crippen LogP contribution in [-0.4, -0.2) is 35.9 Å². The standard InChI is InChI=1S/C26H25N3O3/c27-26(31)22-14-19-10-4-5-11-20(19)15-28(22)16-25(30)29-21-12-6-7-13-24(21)32-17-23(29)18-8-2-1-3-9-18/h1-13,22-23H,14-17H2,(H2,27,31)/t22-,23-/m0/s1. The lowest BCUT2D eigenvalue weighted by molar-refractivity contribution is -0.126. The summed E-state index contributed by atoms with van der Waals surface area (Å²) in [6.45, 7) is 0.978. The zero-order chi connectivity index (χ0) is 22.1. The average molecular weight is 428 g/mol. The Morgan fingerprint density at radius 1 is 0.906 bits per heavy atom. The van der Waals surface area contributed by atoms with Crippen LogP contribution >= 0.6 is 0 Å². The first-order valence-corrected chi connectivity index (χ1v) is 10.8. The van der Waals surface area contributed by atoms with Crippen LogP contribution in [0.5, 0.6) is 5.75 Å². The maximum Gasteiger partial charge on any atom is 0.242 e. The number of benzene rings is 3. The molecule has 0 bridgehead atoms. The van der Waals surface area contributed by atoms with Crippen molar-refractivity contribution in [1.82, 2.24) is 4.90 Å². The zero-order valence-electron chi connectivity index (χ0n) is 17.7. The van der Waals surface area contributed by atoms with E-state index in [1.807, 2.05) is 88.7 Å². The fraction of sp³-hybridized carbons (Fsp3) is 0.231. The number of nitrogens with zero attached hydrogens (tertiary/aromatic N) is 2. The average Bonchev–Trinajstić information content (AvgIpc) is 2.83. The van der Waals surface area contributed by atoms with E-state index in [9.17, 15) is 9.59 Å². The molecule has 2 atom stereocenters. The number of amides is 2. The van der Waals surface area contributed by atoms with Gasteiger partial charge in [0.1, 0.15) is 12.4 Å². The number of hydrogen-bond donors (Lipinski definition) is 1. The van der Waals surface area contributed by atoms with Crippen molar-refractivity contribution >= 4 is 17.5 Å². The molecule has 3 aromatic rings. The van der Waals surface area contributed by atoms with Gasteiger partial charge in [-0.05, 0) is 35.2 Å². The lowest BCUT2D eigenvalue weighted by Gasteiger charge is -2.40. The van der Waals surface area contributed by atoms with Gasteiger partial charge in [0.05, 0.1) is 24.3 Å². The number of carbonyl (C=O) groups excluding carboxylic acids is 2. The minimum absolute atomic E-state index is 0.0831. The number of nitrogens with two attached hydrogens (primary N) is 1. The lowest BCUT2D eigenvalue weighted by atomic mass is 9.93. The Bertz CT molecular complexity index is 1150. The number of primary amides is 1. The molecule has 2 N–H and O–H groups in total. The van der Waals surface area contributed by atoms with E-state index in [0.29, 0.717) is 25.3 Å². The molecule has 5 rings (SSSR count). The highest BCUT2D eigenvalue weighted by atomic mass is 16.5. The van der Waals surface area contributed by atoms with Crippen molar-refractivity contribution < 1.29 is 14.3 Å².